The molecule has 2 aromatic carbocycles. The van der Waals surface area contributed by atoms with E-state index in [4.69, 9.17) is 16.3 Å². The number of nitrogens with one attached hydrogen (secondary N) is 1. The van der Waals surface area contributed by atoms with E-state index in [1.165, 1.54) is 11.1 Å². The molecule has 2 aromatic rings. The van der Waals surface area contributed by atoms with Crippen molar-refractivity contribution in [1.82, 2.24) is 5.32 Å². The molecule has 0 unspecified atom stereocenters. The van der Waals surface area contributed by atoms with E-state index in [-0.39, 0.29) is 0 Å². The van der Waals surface area contributed by atoms with Gasteiger partial charge in [0.05, 0.1) is 6.61 Å². The summed E-state index contributed by atoms with van der Waals surface area (Å²) in [5.74, 6) is 0. The molecule has 112 valence electrons. The molecule has 0 aliphatic carbocycles. The predicted molar refractivity (Wildman–Crippen MR) is 88.6 cm³/mol. The second-order valence-corrected chi connectivity index (χ2v) is 5.56. The van der Waals surface area contributed by atoms with Gasteiger partial charge < -0.3 is 10.1 Å². The van der Waals surface area contributed by atoms with E-state index >= 15 is 0 Å². The average molecular weight is 304 g/mol. The van der Waals surface area contributed by atoms with Crippen LogP contribution in [-0.4, -0.2) is 13.2 Å². The van der Waals surface area contributed by atoms with Crippen molar-refractivity contribution in [1.29, 1.82) is 0 Å². The van der Waals surface area contributed by atoms with Crippen LogP contribution >= 0.6 is 11.6 Å². The summed E-state index contributed by atoms with van der Waals surface area (Å²) in [6.07, 6.45) is 1.01. The zero-order valence-corrected chi connectivity index (χ0v) is 13.2. The summed E-state index contributed by atoms with van der Waals surface area (Å²) in [5, 5.41) is 4.23. The fourth-order valence-corrected chi connectivity index (χ4v) is 2.23. The summed E-state index contributed by atoms with van der Waals surface area (Å²) in [6, 6.07) is 16.5. The Bertz CT molecular complexity index is 542. The lowest BCUT2D eigenvalue weighted by molar-refractivity contribution is 0.118. The maximum Gasteiger partial charge on any atom is 0.0716 e. The molecular formula is C18H22ClNO. The number of halogens is 1. The molecule has 0 saturated heterocycles. The van der Waals surface area contributed by atoms with Crippen LogP contribution in [0.15, 0.2) is 48.5 Å². The first-order chi connectivity index (χ1) is 10.3. The standard InChI is InChI=1S/C18H22ClNO/c1-15-12-17(8-9-18(15)19)14-21-11-5-10-20-13-16-6-3-2-4-7-16/h2-4,6-9,12,20H,5,10-11,13-14H2,1H3. The summed E-state index contributed by atoms with van der Waals surface area (Å²) in [7, 11) is 0. The Labute approximate surface area is 132 Å². The van der Waals surface area contributed by atoms with Gasteiger partial charge in [0, 0.05) is 18.2 Å². The van der Waals surface area contributed by atoms with Crippen LogP contribution in [0.3, 0.4) is 0 Å². The first-order valence-electron chi connectivity index (χ1n) is 7.33. The Morgan fingerprint density at radius 2 is 1.86 bits per heavy atom. The van der Waals surface area contributed by atoms with Gasteiger partial charge in [0.25, 0.3) is 0 Å². The summed E-state index contributed by atoms with van der Waals surface area (Å²) in [5.41, 5.74) is 3.59. The second kappa shape index (κ2) is 8.83. The minimum atomic E-state index is 0.649. The quantitative estimate of drug-likeness (QED) is 0.732. The van der Waals surface area contributed by atoms with Gasteiger partial charge in [-0.2, -0.15) is 0 Å². The first-order valence-corrected chi connectivity index (χ1v) is 7.71. The molecule has 0 aliphatic rings. The van der Waals surface area contributed by atoms with Crippen LogP contribution in [0.2, 0.25) is 5.02 Å². The zero-order valence-electron chi connectivity index (χ0n) is 12.4. The molecule has 0 radical (unpaired) electrons. The number of benzene rings is 2. The lowest BCUT2D eigenvalue weighted by atomic mass is 10.1. The molecule has 0 aliphatic heterocycles. The van der Waals surface area contributed by atoms with Gasteiger partial charge in [-0.05, 0) is 42.6 Å². The molecule has 0 saturated carbocycles. The van der Waals surface area contributed by atoms with Crippen LogP contribution in [0, 0.1) is 6.92 Å². The summed E-state index contributed by atoms with van der Waals surface area (Å²) >= 11 is 6.00. The minimum Gasteiger partial charge on any atom is -0.377 e. The van der Waals surface area contributed by atoms with Crippen molar-refractivity contribution in [3.63, 3.8) is 0 Å². The summed E-state index contributed by atoms with van der Waals surface area (Å²) < 4.78 is 5.68. The highest BCUT2D eigenvalue weighted by Crippen LogP contribution is 2.16. The van der Waals surface area contributed by atoms with Gasteiger partial charge in [-0.15, -0.1) is 0 Å². The van der Waals surface area contributed by atoms with Crippen LogP contribution in [0.25, 0.3) is 0 Å². The van der Waals surface area contributed by atoms with Crippen molar-refractivity contribution in [3.8, 4) is 0 Å². The summed E-state index contributed by atoms with van der Waals surface area (Å²) in [6.45, 7) is 5.31. The molecule has 0 aromatic heterocycles. The average Bonchev–Trinajstić information content (AvgIpc) is 2.51. The number of ether oxygens (including phenoxy) is 1. The van der Waals surface area contributed by atoms with Crippen LogP contribution in [0.1, 0.15) is 23.1 Å². The molecule has 0 amide bonds. The highest BCUT2D eigenvalue weighted by atomic mass is 35.5. The van der Waals surface area contributed by atoms with Gasteiger partial charge in [0.1, 0.15) is 0 Å². The molecule has 21 heavy (non-hydrogen) atoms. The van der Waals surface area contributed by atoms with Crippen molar-refractivity contribution >= 4 is 11.6 Å². The maximum absolute atomic E-state index is 6.00. The molecule has 2 rings (SSSR count). The van der Waals surface area contributed by atoms with Gasteiger partial charge in [-0.1, -0.05) is 54.1 Å². The Kier molecular flexibility index (Phi) is 6.74. The highest BCUT2D eigenvalue weighted by Gasteiger charge is 1.98. The first kappa shape index (κ1) is 16.0. The van der Waals surface area contributed by atoms with E-state index in [1.54, 1.807) is 0 Å². The number of aryl methyl sites for hydroxylation is 1. The van der Waals surface area contributed by atoms with E-state index < -0.39 is 0 Å². The molecule has 0 heterocycles. The maximum atomic E-state index is 6.00. The fraction of sp³-hybridized carbons (Fsp3) is 0.333. The van der Waals surface area contributed by atoms with Gasteiger partial charge in [0.2, 0.25) is 0 Å². The van der Waals surface area contributed by atoms with Crippen molar-refractivity contribution in [2.24, 2.45) is 0 Å². The Morgan fingerprint density at radius 3 is 2.62 bits per heavy atom. The van der Waals surface area contributed by atoms with Gasteiger partial charge in [0.15, 0.2) is 0 Å². The van der Waals surface area contributed by atoms with Crippen LogP contribution in [0.5, 0.6) is 0 Å². The van der Waals surface area contributed by atoms with Crippen molar-refractivity contribution < 1.29 is 4.74 Å². The van der Waals surface area contributed by atoms with Crippen molar-refractivity contribution in [2.45, 2.75) is 26.5 Å². The number of hydrogen-bond acceptors (Lipinski definition) is 2. The predicted octanol–water partition coefficient (Wildman–Crippen LogP) is 4.34. The molecule has 0 spiro atoms. The van der Waals surface area contributed by atoms with Crippen LogP contribution < -0.4 is 5.32 Å². The lowest BCUT2D eigenvalue weighted by Crippen LogP contribution is -2.16. The Balaban J connectivity index is 1.55. The molecule has 0 atom stereocenters. The fourth-order valence-electron chi connectivity index (χ4n) is 2.11. The zero-order chi connectivity index (χ0) is 14.9. The van der Waals surface area contributed by atoms with Gasteiger partial charge >= 0.3 is 0 Å². The normalized spacial score (nSPS) is 10.8. The van der Waals surface area contributed by atoms with Crippen LogP contribution in [-0.2, 0) is 17.9 Å². The van der Waals surface area contributed by atoms with E-state index in [9.17, 15) is 0 Å². The van der Waals surface area contributed by atoms with Gasteiger partial charge in [-0.3, -0.25) is 0 Å². The van der Waals surface area contributed by atoms with E-state index in [1.807, 2.05) is 25.1 Å². The van der Waals surface area contributed by atoms with Crippen LogP contribution in [0.4, 0.5) is 0 Å². The van der Waals surface area contributed by atoms with Crippen molar-refractivity contribution in [3.05, 3.63) is 70.2 Å². The highest BCUT2D eigenvalue weighted by molar-refractivity contribution is 6.31. The minimum absolute atomic E-state index is 0.649. The third-order valence-corrected chi connectivity index (χ3v) is 3.73. The topological polar surface area (TPSA) is 21.3 Å². The third kappa shape index (κ3) is 5.88. The Morgan fingerprint density at radius 1 is 1.05 bits per heavy atom. The molecule has 0 fully saturated rings. The van der Waals surface area contributed by atoms with E-state index in [0.717, 1.165) is 36.7 Å². The van der Waals surface area contributed by atoms with E-state index in [2.05, 4.69) is 35.6 Å². The lowest BCUT2D eigenvalue weighted by Gasteiger charge is -2.07. The molecule has 2 nitrogen and oxygen atoms in total. The van der Waals surface area contributed by atoms with Crippen molar-refractivity contribution in [2.75, 3.05) is 13.2 Å². The molecule has 0 bridgehead atoms. The van der Waals surface area contributed by atoms with E-state index in [0.29, 0.717) is 6.61 Å². The summed E-state index contributed by atoms with van der Waals surface area (Å²) in [4.78, 5) is 0. The largest absolute Gasteiger partial charge is 0.377 e. The Hall–Kier alpha value is -1.35. The molecular weight excluding hydrogens is 282 g/mol. The molecule has 3 heteroatoms. The molecule has 1 N–H and O–H groups in total. The second-order valence-electron chi connectivity index (χ2n) is 5.15. The smallest absolute Gasteiger partial charge is 0.0716 e. The number of hydrogen-bond donors (Lipinski definition) is 1. The third-order valence-electron chi connectivity index (χ3n) is 3.31. The monoisotopic (exact) mass is 303 g/mol. The SMILES string of the molecule is Cc1cc(COCCCNCc2ccccc2)ccc1Cl. The number of rotatable bonds is 8. The van der Waals surface area contributed by atoms with Gasteiger partial charge in [-0.25, -0.2) is 0 Å².